The lowest BCUT2D eigenvalue weighted by molar-refractivity contribution is 0.234. The molecule has 14 nitrogen and oxygen atoms in total. The molecule has 1 heterocycles. The van der Waals surface area contributed by atoms with Crippen LogP contribution in [0.5, 0.6) is 51.7 Å². The number of rotatable bonds is 57. The van der Waals surface area contributed by atoms with Gasteiger partial charge in [-0.25, -0.2) is 4.79 Å². The van der Waals surface area contributed by atoms with E-state index in [1.54, 1.807) is 0 Å². The van der Waals surface area contributed by atoms with Crippen LogP contribution in [0.15, 0.2) is 41.5 Å². The molecule has 499 valence electrons. The second-order valence-corrected chi connectivity index (χ2v) is 24.0. The number of hydrazone groups is 1. The van der Waals surface area contributed by atoms with Gasteiger partial charge in [-0.15, -0.1) is 10.5 Å². The van der Waals surface area contributed by atoms with Crippen molar-refractivity contribution < 1.29 is 47.4 Å². The third-order valence-electron chi connectivity index (χ3n) is 15.8. The van der Waals surface area contributed by atoms with E-state index in [9.17, 15) is 0 Å². The summed E-state index contributed by atoms with van der Waals surface area (Å²) < 4.78 is 60.7. The van der Waals surface area contributed by atoms with Gasteiger partial charge in [0.15, 0.2) is 34.5 Å². The molecule has 0 saturated carbocycles. The molecule has 0 saturated heterocycles. The summed E-state index contributed by atoms with van der Waals surface area (Å²) in [4.78, 5) is 16.0. The summed E-state index contributed by atoms with van der Waals surface area (Å²) >= 11 is 0. The monoisotopic (exact) mass is 1230 g/mol. The van der Waals surface area contributed by atoms with Crippen LogP contribution in [0.2, 0.25) is 0 Å². The maximum absolute atomic E-state index is 16.0. The molecule has 4 rings (SSSR count). The molecule has 1 aliphatic heterocycles. The first kappa shape index (κ1) is 75.1. The van der Waals surface area contributed by atoms with Crippen LogP contribution < -0.4 is 58.1 Å². The molecule has 0 aliphatic carbocycles. The molecule has 14 heteroatoms. The second-order valence-electron chi connectivity index (χ2n) is 24.0. The molecule has 0 spiro atoms. The molecule has 1 radical (unpaired) electrons. The van der Waals surface area contributed by atoms with Gasteiger partial charge in [0.25, 0.3) is 0 Å². The van der Waals surface area contributed by atoms with Gasteiger partial charge in [0.1, 0.15) is 0 Å². The van der Waals surface area contributed by atoms with Gasteiger partial charge in [0.2, 0.25) is 23.1 Å². The Morgan fingerprint density at radius 1 is 0.273 bits per heavy atom. The van der Waals surface area contributed by atoms with Crippen molar-refractivity contribution in [3.05, 3.63) is 42.0 Å². The molecule has 0 bridgehead atoms. The minimum atomic E-state index is -0.525. The zero-order chi connectivity index (χ0) is 63.1. The largest absolute Gasteiger partial charge is 0.490 e. The van der Waals surface area contributed by atoms with Crippen molar-refractivity contribution in [2.45, 2.75) is 293 Å². The van der Waals surface area contributed by atoms with Crippen LogP contribution in [0.25, 0.3) is 0 Å². The molecule has 0 N–H and O–H groups in total. The summed E-state index contributed by atoms with van der Waals surface area (Å²) in [6, 6.07) is 10.9. The minimum absolute atomic E-state index is 0.251. The lowest BCUT2D eigenvalue weighted by Crippen LogP contribution is -2.52. The molecule has 0 unspecified atom stereocenters. The second kappa shape index (κ2) is 48.5. The summed E-state index contributed by atoms with van der Waals surface area (Å²) in [6.45, 7) is 24.4. The Morgan fingerprint density at radius 2 is 0.489 bits per heavy atom. The third-order valence-corrected chi connectivity index (χ3v) is 15.8. The first-order valence-electron chi connectivity index (χ1n) is 36.0. The summed E-state index contributed by atoms with van der Waals surface area (Å²) in [5, 5.41) is 8.11. The van der Waals surface area contributed by atoms with E-state index in [2.05, 4.69) is 62.3 Å². The zero-order valence-corrected chi connectivity index (χ0v) is 57.2. The highest BCUT2D eigenvalue weighted by molar-refractivity contribution is 6.13. The normalized spacial score (nSPS) is 12.3. The van der Waals surface area contributed by atoms with Crippen LogP contribution >= 0.6 is 0 Å². The number of benzene rings is 3. The van der Waals surface area contributed by atoms with Gasteiger partial charge < -0.3 is 42.6 Å². The van der Waals surface area contributed by atoms with Crippen molar-refractivity contribution >= 4 is 23.2 Å². The lowest BCUT2D eigenvalue weighted by atomic mass is 10.1. The highest BCUT2D eigenvalue weighted by atomic mass is 16.6. The van der Waals surface area contributed by atoms with Crippen molar-refractivity contribution in [2.75, 3.05) is 69.5 Å². The number of hydrogen-bond acceptors (Lipinski definition) is 11. The quantitative estimate of drug-likeness (QED) is 0.0503. The minimum Gasteiger partial charge on any atom is -0.490 e. The number of anilines is 2. The van der Waals surface area contributed by atoms with E-state index in [-0.39, 0.29) is 5.84 Å². The van der Waals surface area contributed by atoms with Crippen molar-refractivity contribution in [3.63, 3.8) is 0 Å². The predicted molar refractivity (Wildman–Crippen MR) is 365 cm³/mol. The van der Waals surface area contributed by atoms with Crippen molar-refractivity contribution in [3.8, 4) is 51.7 Å². The number of nitrogens with zero attached hydrogens (tertiary/aromatic N) is 4. The topological polar surface area (TPSA) is 133 Å². The number of ether oxygens (including phenoxy) is 9. The lowest BCUT2D eigenvalue weighted by Gasteiger charge is -2.33. The smallest absolute Gasteiger partial charge is 0.370 e. The molecule has 88 heavy (non-hydrogen) atoms. The molecular formula is C74H123N4O10. The van der Waals surface area contributed by atoms with Crippen LogP contribution in [0.4, 0.5) is 16.2 Å². The Morgan fingerprint density at radius 3 is 0.727 bits per heavy atom. The third kappa shape index (κ3) is 28.6. The molecule has 2 amide bonds. The van der Waals surface area contributed by atoms with Crippen LogP contribution in [0, 0.1) is 0 Å². The fourth-order valence-corrected chi connectivity index (χ4v) is 10.4. The molecule has 3 aromatic carbocycles. The van der Waals surface area contributed by atoms with E-state index in [0.29, 0.717) is 128 Å². The fourth-order valence-electron chi connectivity index (χ4n) is 10.4. The molecule has 0 fully saturated rings. The number of urea groups is 1. The average molecular weight is 1230 g/mol. The van der Waals surface area contributed by atoms with Crippen LogP contribution in [0.1, 0.15) is 299 Å². The molecule has 1 aliphatic rings. The Bertz CT molecular complexity index is 2210. The number of carbonyl (C=O) groups is 1. The number of amidine groups is 1. The van der Waals surface area contributed by atoms with Gasteiger partial charge in [-0.3, -0.25) is 0 Å². The summed E-state index contributed by atoms with van der Waals surface area (Å²) in [5.74, 6) is 5.02. The number of hydrogen-bond donors (Lipinski definition) is 0. The predicted octanol–water partition coefficient (Wildman–Crippen LogP) is 21.6. The highest BCUT2D eigenvalue weighted by Crippen LogP contribution is 2.46. The standard InChI is InChI=1S/C74H123N4O10/c1-10-19-28-37-46-80-64-55-61(56-65(81-47-38-29-20-11-2)70(64)86-52-43-34-25-16-7)73-75-77(62-57-66(82-48-39-30-21-12-3)71(87-53-44-35-26-17-8)67(58-62)83-49-40-31-22-13-4)74(79)78(76-73)63-59-68(84-50-41-32-23-14-5)72(88-54-45-36-27-18-9)69(60-63)85-51-42-33-24-15-6/h55-60H,10-54H2,1-9H3. The van der Waals surface area contributed by atoms with Crippen LogP contribution in [-0.4, -0.2) is 71.3 Å². The first-order chi connectivity index (χ1) is 43.3. The van der Waals surface area contributed by atoms with E-state index < -0.39 is 6.03 Å². The van der Waals surface area contributed by atoms with E-state index in [0.717, 1.165) is 231 Å². The van der Waals surface area contributed by atoms with Gasteiger partial charge in [0.05, 0.1) is 70.8 Å². The van der Waals surface area contributed by atoms with Crippen molar-refractivity contribution in [1.82, 2.24) is 5.43 Å². The SMILES string of the molecule is CCCCCCOc1cc(C2=NN(c3cc(OCCCCCC)c(OCCCCCC)c(OCCCCCC)c3)C(=O)N(c3cc(OCCCCCC)c(OCCCCCC)c(OCCCCCC)c3)[N]2)cc(OCCCCCC)c1OCCCCCC. The number of unbranched alkanes of at least 4 members (excludes halogenated alkanes) is 27. The van der Waals surface area contributed by atoms with Crippen molar-refractivity contribution in [2.24, 2.45) is 5.10 Å². The van der Waals surface area contributed by atoms with Gasteiger partial charge >= 0.3 is 6.03 Å². The fraction of sp³-hybridized carbons (Fsp3) is 0.730. The van der Waals surface area contributed by atoms with Gasteiger partial charge in [-0.2, -0.15) is 10.0 Å². The number of amides is 2. The molecular weight excluding hydrogens is 1100 g/mol. The molecule has 3 aromatic rings. The zero-order valence-electron chi connectivity index (χ0n) is 57.2. The number of carbonyl (C=O) groups excluding carboxylic acids is 1. The van der Waals surface area contributed by atoms with Gasteiger partial charge in [0, 0.05) is 29.8 Å². The maximum atomic E-state index is 16.0. The highest BCUT2D eigenvalue weighted by Gasteiger charge is 2.36. The maximum Gasteiger partial charge on any atom is 0.370 e. The van der Waals surface area contributed by atoms with Gasteiger partial charge in [-0.05, 0) is 69.9 Å². The van der Waals surface area contributed by atoms with Crippen molar-refractivity contribution in [1.29, 1.82) is 0 Å². The van der Waals surface area contributed by atoms with Crippen LogP contribution in [-0.2, 0) is 0 Å². The molecule has 0 aromatic heterocycles. The van der Waals surface area contributed by atoms with E-state index in [1.165, 1.54) is 10.0 Å². The Hall–Kier alpha value is -5.40. The molecule has 0 atom stereocenters. The Kier molecular flexibility index (Phi) is 41.3. The van der Waals surface area contributed by atoms with E-state index in [1.807, 2.05) is 36.4 Å². The first-order valence-corrected chi connectivity index (χ1v) is 36.0. The summed E-state index contributed by atoms with van der Waals surface area (Å²) in [6.07, 6.45) is 37.5. The van der Waals surface area contributed by atoms with E-state index >= 15 is 4.79 Å². The Labute approximate surface area is 535 Å². The summed E-state index contributed by atoms with van der Waals surface area (Å²) in [7, 11) is 0. The Balaban J connectivity index is 2.09. The summed E-state index contributed by atoms with van der Waals surface area (Å²) in [5.41, 5.74) is 6.73. The van der Waals surface area contributed by atoms with Crippen LogP contribution in [0.3, 0.4) is 0 Å². The average Bonchev–Trinajstić information content (AvgIpc) is 3.11. The van der Waals surface area contributed by atoms with E-state index in [4.69, 9.17) is 53.2 Å². The van der Waals surface area contributed by atoms with Gasteiger partial charge in [-0.1, -0.05) is 236 Å².